The van der Waals surface area contributed by atoms with Gasteiger partial charge in [-0.25, -0.2) is 0 Å². The third kappa shape index (κ3) is 4.54. The Morgan fingerprint density at radius 3 is 2.62 bits per heavy atom. The first-order valence-corrected chi connectivity index (χ1v) is 8.52. The Morgan fingerprint density at radius 1 is 1.21 bits per heavy atom. The highest BCUT2D eigenvalue weighted by atomic mass is 35.5. The Labute approximate surface area is 152 Å². The number of benzene rings is 1. The van der Waals surface area contributed by atoms with E-state index in [0.29, 0.717) is 10.0 Å². The number of hydrogen-bond donors (Lipinski definition) is 1. The van der Waals surface area contributed by atoms with Gasteiger partial charge in [0.25, 0.3) is 0 Å². The van der Waals surface area contributed by atoms with Crippen molar-refractivity contribution in [3.8, 4) is 0 Å². The molecule has 24 heavy (non-hydrogen) atoms. The normalized spacial score (nSPS) is 15.2. The van der Waals surface area contributed by atoms with Crippen LogP contribution in [0.4, 0.5) is 5.69 Å². The van der Waals surface area contributed by atoms with Gasteiger partial charge in [0.05, 0.1) is 13.2 Å². The molecule has 3 rings (SSSR count). The maximum absolute atomic E-state index is 5.92. The Kier molecular flexibility index (Phi) is 5.80. The van der Waals surface area contributed by atoms with Crippen LogP contribution in [0.25, 0.3) is 5.70 Å². The van der Waals surface area contributed by atoms with Gasteiger partial charge in [0, 0.05) is 47.5 Å². The summed E-state index contributed by atoms with van der Waals surface area (Å²) in [7, 11) is 0. The quantitative estimate of drug-likeness (QED) is 0.663. The van der Waals surface area contributed by atoms with Gasteiger partial charge in [0.15, 0.2) is 0 Å². The Morgan fingerprint density at radius 2 is 1.96 bits per heavy atom. The minimum atomic E-state index is 0.641. The molecule has 1 aliphatic heterocycles. The van der Waals surface area contributed by atoms with Crippen molar-refractivity contribution < 1.29 is 4.74 Å². The average molecular weight is 360 g/mol. The molecule has 1 aromatic heterocycles. The molecule has 1 fully saturated rings. The fraction of sp³-hybridized carbons (Fsp3) is 0.222. The largest absolute Gasteiger partial charge is 0.378 e. The van der Waals surface area contributed by atoms with E-state index in [4.69, 9.17) is 28.6 Å². The summed E-state index contributed by atoms with van der Waals surface area (Å²) in [6.45, 7) is 3.11. The highest BCUT2D eigenvalue weighted by Gasteiger charge is 2.16. The third-order valence-electron chi connectivity index (χ3n) is 3.69. The van der Waals surface area contributed by atoms with Crippen LogP contribution in [0.1, 0.15) is 5.56 Å². The number of ether oxygens (including phenoxy) is 1. The predicted molar refractivity (Wildman–Crippen MR) is 102 cm³/mol. The molecule has 1 aromatic carbocycles. The zero-order valence-electron chi connectivity index (χ0n) is 13.1. The van der Waals surface area contributed by atoms with Crippen molar-refractivity contribution in [1.29, 1.82) is 0 Å². The van der Waals surface area contributed by atoms with Crippen LogP contribution in [-0.4, -0.2) is 41.2 Å². The van der Waals surface area contributed by atoms with Gasteiger partial charge in [-0.15, -0.1) is 0 Å². The molecule has 0 amide bonds. The fourth-order valence-corrected chi connectivity index (χ4v) is 2.87. The van der Waals surface area contributed by atoms with Crippen molar-refractivity contribution in [2.45, 2.75) is 0 Å². The SMILES string of the molecule is S=C(C=C(c1cccnc1)N1CCOCC1)Nc1ccc(Cl)cc1. The lowest BCUT2D eigenvalue weighted by molar-refractivity contribution is 0.0640. The summed E-state index contributed by atoms with van der Waals surface area (Å²) in [5.74, 6) is 0. The molecule has 0 radical (unpaired) electrons. The van der Waals surface area contributed by atoms with E-state index in [-0.39, 0.29) is 0 Å². The van der Waals surface area contributed by atoms with Gasteiger partial charge >= 0.3 is 0 Å². The van der Waals surface area contributed by atoms with Crippen molar-refractivity contribution in [3.63, 3.8) is 0 Å². The lowest BCUT2D eigenvalue weighted by Gasteiger charge is -2.31. The van der Waals surface area contributed by atoms with Crippen LogP contribution in [0.5, 0.6) is 0 Å². The standard InChI is InChI=1S/C18H18ClN3OS/c19-15-3-5-16(6-4-15)21-18(24)12-17(14-2-1-7-20-13-14)22-8-10-23-11-9-22/h1-7,12-13H,8-11H2,(H,21,24). The zero-order chi connectivity index (χ0) is 16.8. The number of pyridine rings is 1. The van der Waals surface area contributed by atoms with Crippen LogP contribution >= 0.6 is 23.8 Å². The number of halogens is 1. The van der Waals surface area contributed by atoms with Gasteiger partial charge in [0.2, 0.25) is 0 Å². The summed E-state index contributed by atoms with van der Waals surface area (Å²) < 4.78 is 5.45. The minimum Gasteiger partial charge on any atom is -0.378 e. The number of nitrogens with one attached hydrogen (secondary N) is 1. The van der Waals surface area contributed by atoms with E-state index in [9.17, 15) is 0 Å². The first-order valence-electron chi connectivity index (χ1n) is 7.74. The van der Waals surface area contributed by atoms with Gasteiger partial charge in [0.1, 0.15) is 4.99 Å². The van der Waals surface area contributed by atoms with Crippen LogP contribution < -0.4 is 5.32 Å². The van der Waals surface area contributed by atoms with Gasteiger partial charge in [-0.1, -0.05) is 23.8 Å². The molecule has 1 aliphatic rings. The summed E-state index contributed by atoms with van der Waals surface area (Å²) in [5.41, 5.74) is 3.01. The van der Waals surface area contributed by atoms with E-state index in [1.807, 2.05) is 48.7 Å². The second-order valence-corrected chi connectivity index (χ2v) is 6.24. The van der Waals surface area contributed by atoms with Crippen molar-refractivity contribution in [3.05, 3.63) is 65.5 Å². The molecule has 0 atom stereocenters. The summed E-state index contributed by atoms with van der Waals surface area (Å²) in [6.07, 6.45) is 5.60. The van der Waals surface area contributed by atoms with E-state index in [2.05, 4.69) is 15.2 Å². The second kappa shape index (κ2) is 8.24. The number of thiocarbonyl (C=S) groups is 1. The van der Waals surface area contributed by atoms with Gasteiger partial charge in [-0.05, 0) is 42.5 Å². The number of hydrogen-bond acceptors (Lipinski definition) is 4. The summed E-state index contributed by atoms with van der Waals surface area (Å²) >= 11 is 11.4. The van der Waals surface area contributed by atoms with E-state index < -0.39 is 0 Å². The van der Waals surface area contributed by atoms with Gasteiger partial charge < -0.3 is 15.0 Å². The Balaban J connectivity index is 1.82. The zero-order valence-corrected chi connectivity index (χ0v) is 14.7. The molecule has 0 spiro atoms. The molecule has 1 N–H and O–H groups in total. The van der Waals surface area contributed by atoms with Crippen molar-refractivity contribution in [2.24, 2.45) is 0 Å². The maximum Gasteiger partial charge on any atom is 0.105 e. The molecule has 2 heterocycles. The van der Waals surface area contributed by atoms with Gasteiger partial charge in [-0.3, -0.25) is 4.98 Å². The van der Waals surface area contributed by atoms with Crippen LogP contribution in [-0.2, 0) is 4.74 Å². The molecular weight excluding hydrogens is 342 g/mol. The lowest BCUT2D eigenvalue weighted by atomic mass is 10.1. The number of nitrogens with zero attached hydrogens (tertiary/aromatic N) is 2. The lowest BCUT2D eigenvalue weighted by Crippen LogP contribution is -2.35. The minimum absolute atomic E-state index is 0.641. The maximum atomic E-state index is 5.92. The number of rotatable bonds is 4. The molecule has 4 nitrogen and oxygen atoms in total. The average Bonchev–Trinajstić information content (AvgIpc) is 2.63. The van der Waals surface area contributed by atoms with E-state index in [1.165, 1.54) is 0 Å². The summed E-state index contributed by atoms with van der Waals surface area (Å²) in [4.78, 5) is 7.14. The van der Waals surface area contributed by atoms with Crippen LogP contribution in [0, 0.1) is 0 Å². The number of anilines is 1. The number of aromatic nitrogens is 1. The number of morpholine rings is 1. The second-order valence-electron chi connectivity index (χ2n) is 5.37. The van der Waals surface area contributed by atoms with Crippen molar-refractivity contribution >= 4 is 40.2 Å². The van der Waals surface area contributed by atoms with Gasteiger partial charge in [-0.2, -0.15) is 0 Å². The molecular formula is C18H18ClN3OS. The van der Waals surface area contributed by atoms with Crippen LogP contribution in [0.15, 0.2) is 54.9 Å². The molecule has 0 unspecified atom stereocenters. The van der Waals surface area contributed by atoms with E-state index in [0.717, 1.165) is 43.3 Å². The third-order valence-corrected chi connectivity index (χ3v) is 4.16. The Bertz CT molecular complexity index is 713. The molecule has 1 saturated heterocycles. The summed E-state index contributed by atoms with van der Waals surface area (Å²) in [5, 5.41) is 3.93. The smallest absolute Gasteiger partial charge is 0.105 e. The molecule has 2 aromatic rings. The predicted octanol–water partition coefficient (Wildman–Crippen LogP) is 3.85. The van der Waals surface area contributed by atoms with Crippen LogP contribution in [0.2, 0.25) is 5.02 Å². The topological polar surface area (TPSA) is 37.4 Å². The molecule has 124 valence electrons. The summed E-state index contributed by atoms with van der Waals surface area (Å²) in [6, 6.07) is 11.4. The molecule has 0 saturated carbocycles. The van der Waals surface area contributed by atoms with E-state index >= 15 is 0 Å². The Hall–Kier alpha value is -1.95. The van der Waals surface area contributed by atoms with Crippen LogP contribution in [0.3, 0.4) is 0 Å². The highest BCUT2D eigenvalue weighted by Crippen LogP contribution is 2.21. The van der Waals surface area contributed by atoms with E-state index in [1.54, 1.807) is 6.20 Å². The van der Waals surface area contributed by atoms with Crippen molar-refractivity contribution in [2.75, 3.05) is 31.6 Å². The fourth-order valence-electron chi connectivity index (χ4n) is 2.51. The highest BCUT2D eigenvalue weighted by molar-refractivity contribution is 7.81. The van der Waals surface area contributed by atoms with Crippen molar-refractivity contribution in [1.82, 2.24) is 9.88 Å². The molecule has 0 bridgehead atoms. The molecule has 0 aliphatic carbocycles. The first-order chi connectivity index (χ1) is 11.7. The molecule has 6 heteroatoms. The monoisotopic (exact) mass is 359 g/mol. The first kappa shape index (κ1) is 16.9.